The van der Waals surface area contributed by atoms with Crippen molar-refractivity contribution >= 4 is 36.0 Å². The van der Waals surface area contributed by atoms with E-state index >= 15 is 0 Å². The fraction of sp³-hybridized carbons (Fsp3) is 0.882. The van der Waals surface area contributed by atoms with Gasteiger partial charge in [0.25, 0.3) is 0 Å². The van der Waals surface area contributed by atoms with E-state index in [0.29, 0.717) is 19.1 Å². The molecule has 1 saturated heterocycles. The molecule has 1 heterocycles. The Labute approximate surface area is 170 Å². The van der Waals surface area contributed by atoms with Gasteiger partial charge in [-0.3, -0.25) is 4.99 Å². The number of ether oxygens (including phenoxy) is 1. The van der Waals surface area contributed by atoms with Gasteiger partial charge in [0.05, 0.1) is 12.6 Å². The van der Waals surface area contributed by atoms with Crippen LogP contribution >= 0.6 is 24.0 Å². The highest BCUT2D eigenvalue weighted by molar-refractivity contribution is 14.0. The Morgan fingerprint density at radius 3 is 2.44 bits per heavy atom. The van der Waals surface area contributed by atoms with Crippen LogP contribution in [0.15, 0.2) is 4.99 Å². The summed E-state index contributed by atoms with van der Waals surface area (Å²) < 4.78 is 5.36. The maximum Gasteiger partial charge on any atom is 0.410 e. The first-order valence-electron chi connectivity index (χ1n) is 8.85. The van der Waals surface area contributed by atoms with Crippen LogP contribution in [0.5, 0.6) is 0 Å². The van der Waals surface area contributed by atoms with Gasteiger partial charge in [-0.1, -0.05) is 0 Å². The molecule has 148 valence electrons. The third-order valence-corrected chi connectivity index (χ3v) is 3.82. The number of carbonyl (C=O) groups excluding carboxylic acids is 1. The summed E-state index contributed by atoms with van der Waals surface area (Å²) in [6.45, 7) is 15.8. The van der Waals surface area contributed by atoms with Gasteiger partial charge in [-0.05, 0) is 48.6 Å². The standard InChI is InChI=1S/C17H35N5O2.HI/c1-8-18-15(19-9-10-21(7)13(2)3)20-14-11-22(12-14)16(23)24-17(4,5)6;/h13-14H,8-12H2,1-7H3,(H2,18,19,20);1H. The van der Waals surface area contributed by atoms with Crippen LogP contribution in [0.25, 0.3) is 0 Å². The second kappa shape index (κ2) is 11.1. The van der Waals surface area contributed by atoms with Crippen molar-refractivity contribution in [2.75, 3.05) is 39.8 Å². The van der Waals surface area contributed by atoms with Gasteiger partial charge in [-0.15, -0.1) is 24.0 Å². The number of aliphatic imine (C=N–C) groups is 1. The molecule has 7 nitrogen and oxygen atoms in total. The fourth-order valence-electron chi connectivity index (χ4n) is 2.14. The zero-order valence-corrected chi connectivity index (χ0v) is 19.1. The monoisotopic (exact) mass is 469 g/mol. The molecule has 8 heteroatoms. The molecule has 0 atom stereocenters. The summed E-state index contributed by atoms with van der Waals surface area (Å²) in [5.41, 5.74) is -0.450. The molecular weight excluding hydrogens is 433 g/mol. The number of rotatable bonds is 6. The van der Waals surface area contributed by atoms with Gasteiger partial charge >= 0.3 is 6.09 Å². The van der Waals surface area contributed by atoms with Crippen molar-refractivity contribution < 1.29 is 9.53 Å². The summed E-state index contributed by atoms with van der Waals surface area (Å²) in [6, 6.07) is 0.739. The number of hydrogen-bond donors (Lipinski definition) is 2. The van der Waals surface area contributed by atoms with Crippen LogP contribution in [0.4, 0.5) is 4.79 Å². The second-order valence-corrected chi connectivity index (χ2v) is 7.56. The molecule has 0 bridgehead atoms. The highest BCUT2D eigenvalue weighted by Gasteiger charge is 2.34. The predicted molar refractivity (Wildman–Crippen MR) is 114 cm³/mol. The van der Waals surface area contributed by atoms with Gasteiger partial charge in [-0.2, -0.15) is 0 Å². The summed E-state index contributed by atoms with van der Waals surface area (Å²) in [4.78, 5) is 20.5. The van der Waals surface area contributed by atoms with Gasteiger partial charge < -0.3 is 25.2 Å². The minimum absolute atomic E-state index is 0. The molecule has 1 aliphatic rings. The van der Waals surface area contributed by atoms with Gasteiger partial charge in [0.15, 0.2) is 5.96 Å². The summed E-state index contributed by atoms with van der Waals surface area (Å²) in [6.07, 6.45) is -0.249. The Morgan fingerprint density at radius 1 is 1.36 bits per heavy atom. The molecule has 1 aliphatic heterocycles. The van der Waals surface area contributed by atoms with Crippen LogP contribution in [0.1, 0.15) is 41.5 Å². The fourth-order valence-corrected chi connectivity index (χ4v) is 2.14. The third-order valence-electron chi connectivity index (χ3n) is 3.82. The quantitative estimate of drug-likeness (QED) is 0.355. The second-order valence-electron chi connectivity index (χ2n) is 7.56. The first kappa shape index (κ1) is 24.2. The molecule has 1 fully saturated rings. The Hall–Kier alpha value is -0.770. The summed E-state index contributed by atoms with van der Waals surface area (Å²) in [5, 5.41) is 6.63. The molecule has 2 N–H and O–H groups in total. The predicted octanol–water partition coefficient (Wildman–Crippen LogP) is 2.12. The number of guanidine groups is 1. The van der Waals surface area contributed by atoms with Crippen LogP contribution in [0.3, 0.4) is 0 Å². The van der Waals surface area contributed by atoms with E-state index in [1.807, 2.05) is 27.7 Å². The first-order chi connectivity index (χ1) is 11.1. The third kappa shape index (κ3) is 9.48. The molecule has 1 rings (SSSR count). The summed E-state index contributed by atoms with van der Waals surface area (Å²) >= 11 is 0. The van der Waals surface area contributed by atoms with Crippen molar-refractivity contribution in [3.8, 4) is 0 Å². The topological polar surface area (TPSA) is 69.2 Å². The number of nitrogens with zero attached hydrogens (tertiary/aromatic N) is 3. The lowest BCUT2D eigenvalue weighted by molar-refractivity contribution is 0.00701. The molecule has 25 heavy (non-hydrogen) atoms. The van der Waals surface area contributed by atoms with Gasteiger partial charge in [0.2, 0.25) is 0 Å². The number of nitrogens with one attached hydrogen (secondary N) is 2. The Morgan fingerprint density at radius 2 is 1.96 bits per heavy atom. The van der Waals surface area contributed by atoms with Crippen LogP contribution in [0, 0.1) is 0 Å². The molecule has 0 aliphatic carbocycles. The molecular formula is C17H36IN5O2. The smallest absolute Gasteiger partial charge is 0.410 e. The largest absolute Gasteiger partial charge is 0.444 e. The number of carbonyl (C=O) groups is 1. The molecule has 0 aromatic heterocycles. The van der Waals surface area contributed by atoms with Gasteiger partial charge in [-0.25, -0.2) is 4.79 Å². The van der Waals surface area contributed by atoms with Crippen LogP contribution in [0.2, 0.25) is 0 Å². The Balaban J connectivity index is 0.00000576. The van der Waals surface area contributed by atoms with Crippen molar-refractivity contribution in [3.05, 3.63) is 0 Å². The van der Waals surface area contributed by atoms with Crippen molar-refractivity contribution in [1.29, 1.82) is 0 Å². The normalized spacial score (nSPS) is 15.7. The summed E-state index contributed by atoms with van der Waals surface area (Å²) in [7, 11) is 2.10. The Kier molecular flexibility index (Phi) is 10.7. The van der Waals surface area contributed by atoms with Crippen molar-refractivity contribution in [2.45, 2.75) is 59.2 Å². The summed E-state index contributed by atoms with van der Waals surface area (Å²) in [5.74, 6) is 0.809. The minimum Gasteiger partial charge on any atom is -0.444 e. The van der Waals surface area contributed by atoms with E-state index in [2.05, 4.69) is 41.4 Å². The molecule has 1 amide bonds. The van der Waals surface area contributed by atoms with E-state index < -0.39 is 5.60 Å². The van der Waals surface area contributed by atoms with E-state index in [-0.39, 0.29) is 36.1 Å². The molecule has 0 unspecified atom stereocenters. The van der Waals surface area contributed by atoms with Crippen molar-refractivity contribution in [3.63, 3.8) is 0 Å². The highest BCUT2D eigenvalue weighted by atomic mass is 127. The lowest BCUT2D eigenvalue weighted by atomic mass is 10.1. The van der Waals surface area contributed by atoms with E-state index in [9.17, 15) is 4.79 Å². The molecule has 0 radical (unpaired) electrons. The average Bonchev–Trinajstić information content (AvgIpc) is 2.39. The number of likely N-dealkylation sites (tertiary alicyclic amines) is 1. The number of likely N-dealkylation sites (N-methyl/N-ethyl adjacent to an activating group) is 1. The van der Waals surface area contributed by atoms with E-state index in [1.165, 1.54) is 0 Å². The maximum absolute atomic E-state index is 11.9. The van der Waals surface area contributed by atoms with Crippen molar-refractivity contribution in [1.82, 2.24) is 20.4 Å². The molecule has 0 saturated carbocycles. The number of halogens is 1. The first-order valence-corrected chi connectivity index (χ1v) is 8.85. The molecule has 0 aromatic carbocycles. The number of amides is 1. The van der Waals surface area contributed by atoms with E-state index in [1.54, 1.807) is 4.90 Å². The van der Waals surface area contributed by atoms with Crippen LogP contribution < -0.4 is 10.6 Å². The van der Waals surface area contributed by atoms with E-state index in [4.69, 9.17) is 4.74 Å². The molecule has 0 spiro atoms. The lowest BCUT2D eigenvalue weighted by Gasteiger charge is -2.40. The highest BCUT2D eigenvalue weighted by Crippen LogP contribution is 2.15. The number of hydrogen-bond acceptors (Lipinski definition) is 4. The van der Waals surface area contributed by atoms with E-state index in [0.717, 1.165) is 25.6 Å². The van der Waals surface area contributed by atoms with Crippen LogP contribution in [-0.2, 0) is 4.74 Å². The maximum atomic E-state index is 11.9. The Bertz CT molecular complexity index is 431. The van der Waals surface area contributed by atoms with Gasteiger partial charge in [0.1, 0.15) is 5.60 Å². The SMILES string of the molecule is CCNC(=NCCN(C)C(C)C)NC1CN(C(=O)OC(C)(C)C)C1.I. The minimum atomic E-state index is -0.450. The zero-order valence-electron chi connectivity index (χ0n) is 16.8. The molecule has 0 aromatic rings. The van der Waals surface area contributed by atoms with Crippen LogP contribution in [-0.4, -0.2) is 79.3 Å². The average molecular weight is 469 g/mol. The zero-order chi connectivity index (χ0) is 18.3. The van der Waals surface area contributed by atoms with Crippen molar-refractivity contribution in [2.24, 2.45) is 4.99 Å². The van der Waals surface area contributed by atoms with Gasteiger partial charge in [0, 0.05) is 32.2 Å². The lowest BCUT2D eigenvalue weighted by Crippen LogP contribution is -2.63.